The van der Waals surface area contributed by atoms with Crippen LogP contribution in [0.2, 0.25) is 0 Å². The molecule has 11 nitrogen and oxygen atoms in total. The lowest BCUT2D eigenvalue weighted by atomic mass is 10.1. The van der Waals surface area contributed by atoms with Crippen LogP contribution in [0.5, 0.6) is 0 Å². The third-order valence-electron chi connectivity index (χ3n) is 8.94. The molecule has 8 N–H and O–H groups in total. The first-order valence-corrected chi connectivity index (χ1v) is 15.7. The summed E-state index contributed by atoms with van der Waals surface area (Å²) in [7, 11) is 0. The van der Waals surface area contributed by atoms with Gasteiger partial charge in [-0.05, 0) is 56.0 Å². The van der Waals surface area contributed by atoms with Crippen LogP contribution in [0.25, 0.3) is 21.8 Å². The Morgan fingerprint density at radius 2 is 1.13 bits per heavy atom. The van der Waals surface area contributed by atoms with Gasteiger partial charge in [0, 0.05) is 93.7 Å². The summed E-state index contributed by atoms with van der Waals surface area (Å²) in [4.78, 5) is 16.2. The van der Waals surface area contributed by atoms with Crippen molar-refractivity contribution in [3.63, 3.8) is 0 Å². The first kappa shape index (κ1) is 31.0. The molecule has 0 bridgehead atoms. The third kappa shape index (κ3) is 6.52. The fraction of sp³-hybridized carbons (Fsp3) is 0.438. The van der Waals surface area contributed by atoms with Crippen molar-refractivity contribution in [2.24, 2.45) is 22.6 Å². The second-order valence-electron chi connectivity index (χ2n) is 11.9. The molecule has 0 atom stereocenters. The van der Waals surface area contributed by atoms with Gasteiger partial charge in [0.25, 0.3) is 0 Å². The number of nitrogens with two attached hydrogens (primary N) is 3. The number of piperazine rings is 2. The van der Waals surface area contributed by atoms with Gasteiger partial charge in [0.1, 0.15) is 11.6 Å². The van der Waals surface area contributed by atoms with Crippen molar-refractivity contribution in [3.8, 4) is 0 Å². The first-order valence-electron chi connectivity index (χ1n) is 15.7. The predicted molar refractivity (Wildman–Crippen MR) is 175 cm³/mol. The van der Waals surface area contributed by atoms with Gasteiger partial charge in [-0.2, -0.15) is 5.10 Å². The van der Waals surface area contributed by atoms with Crippen molar-refractivity contribution < 1.29 is 8.78 Å². The highest BCUT2D eigenvalue weighted by molar-refractivity contribution is 5.84. The van der Waals surface area contributed by atoms with Crippen LogP contribution in [-0.4, -0.2) is 61.5 Å². The van der Waals surface area contributed by atoms with Crippen LogP contribution in [0.1, 0.15) is 37.8 Å². The largest absolute Gasteiger partial charge is 0.367 e. The average molecular weight is 621 g/mol. The van der Waals surface area contributed by atoms with Crippen molar-refractivity contribution in [1.29, 1.82) is 0 Å². The smallest absolute Gasteiger partial charge is 0.189 e. The van der Waals surface area contributed by atoms with Crippen LogP contribution in [0.4, 0.5) is 20.2 Å². The van der Waals surface area contributed by atoms with E-state index >= 15 is 0 Å². The van der Waals surface area contributed by atoms with Crippen LogP contribution in [-0.2, 0) is 0 Å². The van der Waals surface area contributed by atoms with E-state index in [1.165, 1.54) is 18.9 Å². The molecule has 8 rings (SSSR count). The second kappa shape index (κ2) is 13.5. The summed E-state index contributed by atoms with van der Waals surface area (Å²) in [5.41, 5.74) is 3.07. The lowest BCUT2D eigenvalue weighted by molar-refractivity contribution is 0.566. The second-order valence-corrected chi connectivity index (χ2v) is 11.9. The summed E-state index contributed by atoms with van der Waals surface area (Å²) in [6.07, 6.45) is 8.50. The average Bonchev–Trinajstić information content (AvgIpc) is 4.01. The third-order valence-corrected chi connectivity index (χ3v) is 8.94. The van der Waals surface area contributed by atoms with E-state index in [9.17, 15) is 13.6 Å². The molecule has 0 spiro atoms. The Morgan fingerprint density at radius 3 is 1.60 bits per heavy atom. The Morgan fingerprint density at radius 1 is 0.689 bits per heavy atom. The van der Waals surface area contributed by atoms with Crippen LogP contribution >= 0.6 is 0 Å². The number of rotatable bonds is 4. The van der Waals surface area contributed by atoms with Crippen LogP contribution < -0.4 is 48.7 Å². The van der Waals surface area contributed by atoms with E-state index in [4.69, 9.17) is 5.84 Å². The van der Waals surface area contributed by atoms with Crippen molar-refractivity contribution >= 4 is 33.2 Å². The molecule has 4 heterocycles. The highest BCUT2D eigenvalue weighted by Gasteiger charge is 2.27. The Kier molecular flexibility index (Phi) is 9.31. The molecule has 2 saturated carbocycles. The molecule has 2 aromatic carbocycles. The highest BCUT2D eigenvalue weighted by Crippen LogP contribution is 2.38. The molecule has 13 heteroatoms. The Balaban J connectivity index is 0.000000151. The number of nitrogens with one attached hydrogen (secondary N) is 2. The summed E-state index contributed by atoms with van der Waals surface area (Å²) < 4.78 is 33.4. The van der Waals surface area contributed by atoms with Gasteiger partial charge in [0.05, 0.1) is 27.8 Å². The van der Waals surface area contributed by atoms with E-state index in [-0.39, 0.29) is 17.1 Å². The molecule has 4 aromatic rings. The number of hydrogen-bond donors (Lipinski definition) is 5. The Bertz CT molecular complexity index is 1790. The number of halogens is 2. The molecule has 0 unspecified atom stereocenters. The van der Waals surface area contributed by atoms with Gasteiger partial charge in [-0.15, -0.1) is 0 Å². The van der Waals surface area contributed by atoms with Gasteiger partial charge >= 0.3 is 0 Å². The normalized spacial score (nSPS) is 18.8. The fourth-order valence-corrected chi connectivity index (χ4v) is 6.32. The van der Waals surface area contributed by atoms with Crippen LogP contribution in [0, 0.1) is 11.6 Å². The predicted octanol–water partition coefficient (Wildman–Crippen LogP) is 2.00. The number of pyridine rings is 2. The minimum atomic E-state index is -0.296. The zero-order chi connectivity index (χ0) is 31.5. The molecule has 240 valence electrons. The minimum Gasteiger partial charge on any atom is -0.367 e. The van der Waals surface area contributed by atoms with Gasteiger partial charge in [-0.3, -0.25) is 16.5 Å². The van der Waals surface area contributed by atoms with Gasteiger partial charge in [-0.25, -0.2) is 8.78 Å². The molecule has 2 saturated heterocycles. The molecule has 4 aliphatic rings. The van der Waals surface area contributed by atoms with E-state index in [0.29, 0.717) is 34.2 Å². The maximum absolute atomic E-state index is 14.6. The lowest BCUT2D eigenvalue weighted by Crippen LogP contribution is -2.43. The maximum atomic E-state index is 14.6. The number of hydrogen-bond acceptors (Lipinski definition) is 9. The molecular weight excluding hydrogens is 578 g/mol. The zero-order valence-electron chi connectivity index (χ0n) is 25.4. The van der Waals surface area contributed by atoms with Crippen molar-refractivity contribution in [3.05, 3.63) is 76.0 Å². The molecule has 2 aromatic heterocycles. The van der Waals surface area contributed by atoms with E-state index < -0.39 is 0 Å². The number of benzene rings is 2. The van der Waals surface area contributed by atoms with Crippen LogP contribution in [0.3, 0.4) is 0 Å². The summed E-state index contributed by atoms with van der Waals surface area (Å²) in [6, 6.07) is 11.2. The van der Waals surface area contributed by atoms with Gasteiger partial charge in [0.15, 0.2) is 5.43 Å². The van der Waals surface area contributed by atoms with E-state index in [2.05, 4.69) is 46.4 Å². The molecule has 0 radical (unpaired) electrons. The minimum absolute atomic E-state index is 0.104. The SMILES string of the molecule is NN.NN=c1ccn(C2CC2)c2cc(N3CCNCC3)c(F)cc12.O=c1ccn(C2CC2)c2cc(N3CCNCC3)c(F)cc12. The topological polar surface area (TPSA) is 148 Å². The van der Waals surface area contributed by atoms with E-state index in [0.717, 1.165) is 81.6 Å². The van der Waals surface area contributed by atoms with E-state index in [1.807, 2.05) is 30.6 Å². The molecule has 45 heavy (non-hydrogen) atoms. The number of fused-ring (bicyclic) bond motifs is 2. The molecule has 0 amide bonds. The monoisotopic (exact) mass is 620 g/mol. The summed E-state index contributed by atoms with van der Waals surface area (Å²) >= 11 is 0. The van der Waals surface area contributed by atoms with Crippen molar-refractivity contribution in [1.82, 2.24) is 19.8 Å². The fourth-order valence-electron chi connectivity index (χ4n) is 6.32. The van der Waals surface area contributed by atoms with Gasteiger partial charge in [-0.1, -0.05) is 0 Å². The number of nitrogens with zero attached hydrogens (tertiary/aromatic N) is 5. The Labute approximate surface area is 260 Å². The van der Waals surface area contributed by atoms with Gasteiger partial charge < -0.3 is 35.4 Å². The molecule has 2 aliphatic carbocycles. The quantitative estimate of drug-likeness (QED) is 0.172. The summed E-state index contributed by atoms with van der Waals surface area (Å²) in [5.74, 6) is 13.0. The number of anilines is 2. The van der Waals surface area contributed by atoms with Crippen LogP contribution in [0.15, 0.2) is 58.7 Å². The zero-order valence-corrected chi connectivity index (χ0v) is 25.4. The van der Waals surface area contributed by atoms with Gasteiger partial charge in [0.2, 0.25) is 0 Å². The summed E-state index contributed by atoms with van der Waals surface area (Å²) in [5, 5.41) is 12.3. The lowest BCUT2D eigenvalue weighted by Gasteiger charge is -2.30. The first-order chi connectivity index (χ1) is 22.0. The number of hydrazine groups is 1. The molecule has 2 aliphatic heterocycles. The van der Waals surface area contributed by atoms with E-state index in [1.54, 1.807) is 12.1 Å². The van der Waals surface area contributed by atoms with Crippen molar-refractivity contribution in [2.75, 3.05) is 62.2 Å². The Hall–Kier alpha value is -4.04. The summed E-state index contributed by atoms with van der Waals surface area (Å²) in [6.45, 7) is 6.74. The molecular formula is C32H42F2N10O. The standard InChI is InChI=1S/C16H20FN5.C16H18FN3O.H4N2/c17-13-9-12-14(20-18)3-6-22(11-1-2-11)15(12)10-16(13)21-7-4-19-5-8-21;17-13-9-12-14(10-15(13)19-7-4-18-5-8-19)20(11-1-2-11)6-3-16(12)21;1-2/h3,6,9-11,19H,1-2,4-5,7-8,18H2;3,6,9-11,18H,1-2,4-5,7-8H2;1-2H2. The van der Waals surface area contributed by atoms with Crippen molar-refractivity contribution in [2.45, 2.75) is 37.8 Å². The maximum Gasteiger partial charge on any atom is 0.189 e. The number of aromatic nitrogens is 2. The highest BCUT2D eigenvalue weighted by atomic mass is 19.1. The molecule has 4 fully saturated rings.